The minimum Gasteiger partial charge on any atom is -0.338 e. The Labute approximate surface area is 203 Å². The third-order valence-corrected chi connectivity index (χ3v) is 6.46. The number of thioether (sulfide) groups is 1. The van der Waals surface area contributed by atoms with E-state index in [9.17, 15) is 9.59 Å². The van der Waals surface area contributed by atoms with E-state index in [4.69, 9.17) is 4.98 Å². The van der Waals surface area contributed by atoms with E-state index >= 15 is 0 Å². The minimum absolute atomic E-state index is 0.0123. The van der Waals surface area contributed by atoms with E-state index in [0.29, 0.717) is 35.0 Å². The second kappa shape index (κ2) is 10.7. The molecule has 0 aliphatic heterocycles. The molecule has 0 saturated carbocycles. The molecule has 6 nitrogen and oxygen atoms in total. The molecule has 4 rings (SSSR count). The Kier molecular flexibility index (Phi) is 7.43. The Hall–Kier alpha value is -3.45. The second-order valence-electron chi connectivity index (χ2n) is 8.34. The molecule has 0 unspecified atom stereocenters. The Morgan fingerprint density at radius 1 is 1.00 bits per heavy atom. The third kappa shape index (κ3) is 5.37. The number of fused-ring (bicyclic) bond motifs is 1. The van der Waals surface area contributed by atoms with Gasteiger partial charge in [-0.2, -0.15) is 0 Å². The van der Waals surface area contributed by atoms with Crippen molar-refractivity contribution in [3.63, 3.8) is 0 Å². The van der Waals surface area contributed by atoms with Crippen LogP contribution >= 0.6 is 11.8 Å². The smallest absolute Gasteiger partial charge is 0.267 e. The SMILES string of the molecule is CCCN(Cc1ccc(C)cc1)C(=O)CSc1nc2ccccc2c(=O)n1-c1ccc(C)cn1. The first-order chi connectivity index (χ1) is 16.5. The van der Waals surface area contributed by atoms with Crippen LogP contribution in [-0.4, -0.2) is 37.6 Å². The summed E-state index contributed by atoms with van der Waals surface area (Å²) in [5.74, 6) is 0.690. The summed E-state index contributed by atoms with van der Waals surface area (Å²) in [6.45, 7) is 7.29. The molecule has 1 amide bonds. The van der Waals surface area contributed by atoms with Crippen molar-refractivity contribution in [3.05, 3.63) is 93.9 Å². The molecule has 4 aromatic rings. The van der Waals surface area contributed by atoms with Crippen LogP contribution in [-0.2, 0) is 11.3 Å². The third-order valence-electron chi connectivity index (χ3n) is 5.53. The fourth-order valence-corrected chi connectivity index (χ4v) is 4.60. The summed E-state index contributed by atoms with van der Waals surface area (Å²) in [5.41, 5.74) is 3.71. The van der Waals surface area contributed by atoms with Crippen molar-refractivity contribution in [1.82, 2.24) is 19.4 Å². The summed E-state index contributed by atoms with van der Waals surface area (Å²) in [5, 5.41) is 0.979. The fourth-order valence-electron chi connectivity index (χ4n) is 3.70. The van der Waals surface area contributed by atoms with Crippen molar-refractivity contribution in [1.29, 1.82) is 0 Å². The topological polar surface area (TPSA) is 68.1 Å². The van der Waals surface area contributed by atoms with Gasteiger partial charge in [0.15, 0.2) is 5.16 Å². The maximum atomic E-state index is 13.4. The molecule has 34 heavy (non-hydrogen) atoms. The number of amides is 1. The lowest BCUT2D eigenvalue weighted by Gasteiger charge is -2.22. The zero-order valence-corrected chi connectivity index (χ0v) is 20.5. The van der Waals surface area contributed by atoms with E-state index < -0.39 is 0 Å². The summed E-state index contributed by atoms with van der Waals surface area (Å²) in [6.07, 6.45) is 2.59. The minimum atomic E-state index is -0.193. The highest BCUT2D eigenvalue weighted by atomic mass is 32.2. The van der Waals surface area contributed by atoms with E-state index in [2.05, 4.69) is 36.2 Å². The number of benzene rings is 2. The van der Waals surface area contributed by atoms with Crippen LogP contribution in [0.1, 0.15) is 30.0 Å². The molecule has 0 spiro atoms. The van der Waals surface area contributed by atoms with Crippen molar-refractivity contribution in [2.45, 2.75) is 38.9 Å². The first-order valence-corrected chi connectivity index (χ1v) is 12.4. The van der Waals surface area contributed by atoms with Gasteiger partial charge in [-0.15, -0.1) is 0 Å². The number of carbonyl (C=O) groups excluding carboxylic acids is 1. The highest BCUT2D eigenvalue weighted by molar-refractivity contribution is 7.99. The Balaban J connectivity index is 1.63. The highest BCUT2D eigenvalue weighted by Crippen LogP contribution is 2.21. The highest BCUT2D eigenvalue weighted by Gasteiger charge is 2.18. The Morgan fingerprint density at radius 2 is 1.74 bits per heavy atom. The number of carbonyl (C=O) groups is 1. The number of pyridine rings is 1. The molecule has 0 aliphatic rings. The van der Waals surface area contributed by atoms with Gasteiger partial charge in [0.05, 0.1) is 16.7 Å². The summed E-state index contributed by atoms with van der Waals surface area (Å²) >= 11 is 1.27. The molecule has 0 saturated heterocycles. The second-order valence-corrected chi connectivity index (χ2v) is 9.28. The normalized spacial score (nSPS) is 11.0. The Morgan fingerprint density at radius 3 is 2.44 bits per heavy atom. The largest absolute Gasteiger partial charge is 0.338 e. The van der Waals surface area contributed by atoms with Crippen molar-refractivity contribution >= 4 is 28.6 Å². The standard InChI is InChI=1S/C27H28N4O2S/c1-4-15-30(17-21-12-9-19(2)10-13-21)25(32)18-34-27-29-23-8-6-5-7-22(23)26(33)31(27)24-14-11-20(3)16-28-24/h5-14,16H,4,15,17-18H2,1-3H3. The number of aromatic nitrogens is 3. The van der Waals surface area contributed by atoms with Gasteiger partial charge in [-0.3, -0.25) is 9.59 Å². The van der Waals surface area contributed by atoms with Gasteiger partial charge in [0, 0.05) is 19.3 Å². The van der Waals surface area contributed by atoms with E-state index in [-0.39, 0.29) is 17.2 Å². The average molecular weight is 473 g/mol. The maximum Gasteiger partial charge on any atom is 0.267 e. The molecular weight excluding hydrogens is 444 g/mol. The van der Waals surface area contributed by atoms with Crippen LogP contribution in [0.4, 0.5) is 0 Å². The predicted molar refractivity (Wildman–Crippen MR) is 137 cm³/mol. The quantitative estimate of drug-likeness (QED) is 0.269. The first-order valence-electron chi connectivity index (χ1n) is 11.4. The molecule has 2 aromatic heterocycles. The lowest BCUT2D eigenvalue weighted by Crippen LogP contribution is -2.33. The van der Waals surface area contributed by atoms with Gasteiger partial charge in [-0.1, -0.05) is 66.7 Å². The van der Waals surface area contributed by atoms with Crippen LogP contribution in [0.5, 0.6) is 0 Å². The molecule has 0 aliphatic carbocycles. The van der Waals surface area contributed by atoms with Gasteiger partial charge in [-0.05, 0) is 49.6 Å². The number of para-hydroxylation sites is 1. The molecule has 0 bridgehead atoms. The van der Waals surface area contributed by atoms with Crippen LogP contribution in [0.3, 0.4) is 0 Å². The average Bonchev–Trinajstić information content (AvgIpc) is 2.84. The zero-order valence-electron chi connectivity index (χ0n) is 19.7. The molecule has 0 fully saturated rings. The van der Waals surface area contributed by atoms with Gasteiger partial charge in [-0.25, -0.2) is 14.5 Å². The van der Waals surface area contributed by atoms with Gasteiger partial charge in [0.25, 0.3) is 5.56 Å². The van der Waals surface area contributed by atoms with E-state index in [1.54, 1.807) is 18.3 Å². The molecule has 2 heterocycles. The number of nitrogens with zero attached hydrogens (tertiary/aromatic N) is 4. The van der Waals surface area contributed by atoms with E-state index in [0.717, 1.165) is 17.5 Å². The predicted octanol–water partition coefficient (Wildman–Crippen LogP) is 4.93. The molecule has 174 valence electrons. The molecule has 0 atom stereocenters. The molecule has 0 N–H and O–H groups in total. The van der Waals surface area contributed by atoms with E-state index in [1.807, 2.05) is 43.0 Å². The van der Waals surface area contributed by atoms with Crippen LogP contribution in [0, 0.1) is 13.8 Å². The Bertz CT molecular complexity index is 1350. The summed E-state index contributed by atoms with van der Waals surface area (Å²) in [7, 11) is 0. The van der Waals surface area contributed by atoms with Crippen LogP contribution in [0.25, 0.3) is 16.7 Å². The lowest BCUT2D eigenvalue weighted by molar-refractivity contribution is -0.129. The van der Waals surface area contributed by atoms with Crippen LogP contribution in [0.15, 0.2) is 76.8 Å². The number of aryl methyl sites for hydroxylation is 2. The molecule has 0 radical (unpaired) electrons. The number of hydrogen-bond donors (Lipinski definition) is 0. The summed E-state index contributed by atoms with van der Waals surface area (Å²) in [4.78, 5) is 37.6. The maximum absolute atomic E-state index is 13.4. The molecular formula is C27H28N4O2S. The van der Waals surface area contributed by atoms with Crippen molar-refractivity contribution in [2.75, 3.05) is 12.3 Å². The van der Waals surface area contributed by atoms with Crippen molar-refractivity contribution < 1.29 is 4.79 Å². The van der Waals surface area contributed by atoms with Gasteiger partial charge in [0.2, 0.25) is 5.91 Å². The van der Waals surface area contributed by atoms with Crippen molar-refractivity contribution in [2.24, 2.45) is 0 Å². The fraction of sp³-hybridized carbons (Fsp3) is 0.259. The monoisotopic (exact) mass is 472 g/mol. The molecule has 7 heteroatoms. The van der Waals surface area contributed by atoms with Gasteiger partial charge < -0.3 is 4.90 Å². The van der Waals surface area contributed by atoms with Crippen LogP contribution < -0.4 is 5.56 Å². The van der Waals surface area contributed by atoms with Crippen LogP contribution in [0.2, 0.25) is 0 Å². The van der Waals surface area contributed by atoms with Gasteiger partial charge in [0.1, 0.15) is 5.82 Å². The zero-order chi connectivity index (χ0) is 24.1. The lowest BCUT2D eigenvalue weighted by atomic mass is 10.1. The summed E-state index contributed by atoms with van der Waals surface area (Å²) < 4.78 is 1.50. The van der Waals surface area contributed by atoms with Crippen molar-refractivity contribution in [3.8, 4) is 5.82 Å². The van der Waals surface area contributed by atoms with E-state index in [1.165, 1.54) is 21.9 Å². The summed E-state index contributed by atoms with van der Waals surface area (Å²) in [6, 6.07) is 19.2. The van der Waals surface area contributed by atoms with Gasteiger partial charge >= 0.3 is 0 Å². The number of rotatable bonds is 8. The number of hydrogen-bond acceptors (Lipinski definition) is 5. The molecule has 2 aromatic carbocycles. The first kappa shape index (κ1) is 23.7.